The van der Waals surface area contributed by atoms with Gasteiger partial charge in [-0.3, -0.25) is 0 Å². The Kier molecular flexibility index (Phi) is 13.3. The van der Waals surface area contributed by atoms with Gasteiger partial charge in [-0.15, -0.1) is 0 Å². The van der Waals surface area contributed by atoms with E-state index < -0.39 is 18.2 Å². The molecule has 2 atom stereocenters. The van der Waals surface area contributed by atoms with Gasteiger partial charge in [0.2, 0.25) is 0 Å². The van der Waals surface area contributed by atoms with Crippen LogP contribution in [0.3, 0.4) is 0 Å². The van der Waals surface area contributed by atoms with Crippen LogP contribution >= 0.6 is 0 Å². The van der Waals surface area contributed by atoms with Crippen LogP contribution in [0.1, 0.15) is 106 Å². The fourth-order valence-corrected chi connectivity index (χ4v) is 4.86. The molecule has 0 spiro atoms. The van der Waals surface area contributed by atoms with Gasteiger partial charge in [-0.25, -0.2) is 9.59 Å². The number of rotatable bonds is 16. The molecular formula is C36H43F3O4. The monoisotopic (exact) mass is 596 g/mol. The fraction of sp³-hybridized carbons (Fsp3) is 0.444. The lowest BCUT2D eigenvalue weighted by molar-refractivity contribution is -0.206. The summed E-state index contributed by atoms with van der Waals surface area (Å²) in [6.07, 6.45) is 1.17. The average molecular weight is 597 g/mol. The minimum atomic E-state index is -4.60. The second-order valence-electron chi connectivity index (χ2n) is 11.1. The zero-order valence-electron chi connectivity index (χ0n) is 25.4. The predicted octanol–water partition coefficient (Wildman–Crippen LogP) is 10.6. The molecule has 2 unspecified atom stereocenters. The molecule has 0 aliphatic carbocycles. The number of halogens is 3. The molecule has 0 aliphatic rings. The number of hydrogen-bond acceptors (Lipinski definition) is 4. The quantitative estimate of drug-likeness (QED) is 0.122. The summed E-state index contributed by atoms with van der Waals surface area (Å²) in [7, 11) is 0. The second-order valence-corrected chi connectivity index (χ2v) is 11.1. The number of benzene rings is 3. The van der Waals surface area contributed by atoms with Gasteiger partial charge in [0, 0.05) is 0 Å². The standard InChI is InChI=1S/C36H43F3O4/c1-4-6-8-10-12-26(3)42-34(40)31-22-18-29(19-23-31)27-14-16-28(17-15-27)30-20-24-32(25-21-30)35(41)43-33(36(37,38)39)13-11-9-7-5-2/h14-26,33H,4-13H2,1-3H3. The lowest BCUT2D eigenvalue weighted by Crippen LogP contribution is -2.33. The zero-order valence-corrected chi connectivity index (χ0v) is 25.4. The number of carbonyl (C=O) groups excluding carboxylic acids is 2. The van der Waals surface area contributed by atoms with Gasteiger partial charge in [0.1, 0.15) is 0 Å². The molecule has 0 bridgehead atoms. The van der Waals surface area contributed by atoms with Crippen LogP contribution in [-0.2, 0) is 9.47 Å². The molecule has 0 N–H and O–H groups in total. The lowest BCUT2D eigenvalue weighted by Gasteiger charge is -2.20. The third-order valence-corrected chi connectivity index (χ3v) is 7.50. The van der Waals surface area contributed by atoms with Gasteiger partial charge in [0.15, 0.2) is 6.10 Å². The molecule has 3 aromatic rings. The van der Waals surface area contributed by atoms with E-state index in [1.165, 1.54) is 25.0 Å². The molecule has 0 aromatic heterocycles. The third kappa shape index (κ3) is 10.9. The highest BCUT2D eigenvalue weighted by molar-refractivity contribution is 5.91. The first-order chi connectivity index (χ1) is 20.6. The number of hydrogen-bond donors (Lipinski definition) is 0. The Morgan fingerprint density at radius 3 is 1.35 bits per heavy atom. The Morgan fingerprint density at radius 1 is 0.581 bits per heavy atom. The molecule has 43 heavy (non-hydrogen) atoms. The van der Waals surface area contributed by atoms with Gasteiger partial charge < -0.3 is 9.47 Å². The number of esters is 2. The summed E-state index contributed by atoms with van der Waals surface area (Å²) in [5.41, 5.74) is 4.20. The predicted molar refractivity (Wildman–Crippen MR) is 165 cm³/mol. The Balaban J connectivity index is 1.57. The molecule has 3 aromatic carbocycles. The number of carbonyl (C=O) groups is 2. The fourth-order valence-electron chi connectivity index (χ4n) is 4.86. The van der Waals surface area contributed by atoms with Crippen molar-refractivity contribution in [2.45, 2.75) is 103 Å². The number of alkyl halides is 3. The normalized spacial score (nSPS) is 12.9. The molecule has 0 fully saturated rings. The maximum atomic E-state index is 13.4. The molecule has 7 heteroatoms. The van der Waals surface area contributed by atoms with E-state index in [1.54, 1.807) is 24.3 Å². The molecule has 0 saturated heterocycles. The van der Waals surface area contributed by atoms with Crippen molar-refractivity contribution < 1.29 is 32.2 Å². The van der Waals surface area contributed by atoms with Gasteiger partial charge >= 0.3 is 18.1 Å². The van der Waals surface area contributed by atoms with Crippen LogP contribution in [-0.4, -0.2) is 30.3 Å². The molecule has 0 radical (unpaired) electrons. The van der Waals surface area contributed by atoms with Crippen molar-refractivity contribution in [2.75, 3.05) is 0 Å². The van der Waals surface area contributed by atoms with Crippen molar-refractivity contribution in [2.24, 2.45) is 0 Å². The second kappa shape index (κ2) is 16.9. The van der Waals surface area contributed by atoms with Crippen molar-refractivity contribution in [3.63, 3.8) is 0 Å². The zero-order chi connectivity index (χ0) is 31.2. The van der Waals surface area contributed by atoms with Gasteiger partial charge in [0.05, 0.1) is 17.2 Å². The third-order valence-electron chi connectivity index (χ3n) is 7.50. The van der Waals surface area contributed by atoms with Crippen molar-refractivity contribution in [3.8, 4) is 22.3 Å². The Labute approximate surface area is 253 Å². The van der Waals surface area contributed by atoms with Crippen LogP contribution in [0, 0.1) is 0 Å². The van der Waals surface area contributed by atoms with E-state index in [9.17, 15) is 22.8 Å². The highest BCUT2D eigenvalue weighted by Crippen LogP contribution is 2.29. The molecule has 0 aliphatic heterocycles. The maximum absolute atomic E-state index is 13.4. The van der Waals surface area contributed by atoms with Crippen LogP contribution in [0.2, 0.25) is 0 Å². The minimum Gasteiger partial charge on any atom is -0.459 e. The summed E-state index contributed by atoms with van der Waals surface area (Å²) in [6, 6.07) is 21.4. The van der Waals surface area contributed by atoms with Gasteiger partial charge in [-0.2, -0.15) is 13.2 Å². The summed E-state index contributed by atoms with van der Waals surface area (Å²) in [5, 5.41) is 0. The first-order valence-electron chi connectivity index (χ1n) is 15.4. The summed E-state index contributed by atoms with van der Waals surface area (Å²) in [4.78, 5) is 25.0. The Bertz CT molecular complexity index is 1270. The van der Waals surface area contributed by atoms with E-state index in [2.05, 4.69) is 6.92 Å². The highest BCUT2D eigenvalue weighted by atomic mass is 19.4. The topological polar surface area (TPSA) is 52.6 Å². The van der Waals surface area contributed by atoms with E-state index in [0.717, 1.165) is 54.4 Å². The SMILES string of the molecule is CCCCCCC(C)OC(=O)c1ccc(-c2ccc(-c3ccc(C(=O)OC(CCCCCC)C(F)(F)F)cc3)cc2)cc1. The molecule has 0 saturated carbocycles. The first-order valence-corrected chi connectivity index (χ1v) is 15.4. The van der Waals surface area contributed by atoms with Gasteiger partial charge in [-0.05, 0) is 79.1 Å². The Hall–Kier alpha value is -3.61. The van der Waals surface area contributed by atoms with Crippen LogP contribution < -0.4 is 0 Å². The maximum Gasteiger partial charge on any atom is 0.425 e. The van der Waals surface area contributed by atoms with E-state index in [-0.39, 0.29) is 24.1 Å². The molecule has 0 heterocycles. The lowest BCUT2D eigenvalue weighted by atomic mass is 9.99. The van der Waals surface area contributed by atoms with Crippen LogP contribution in [0.4, 0.5) is 13.2 Å². The minimum absolute atomic E-state index is 0.0766. The van der Waals surface area contributed by atoms with E-state index >= 15 is 0 Å². The largest absolute Gasteiger partial charge is 0.459 e. The van der Waals surface area contributed by atoms with Crippen molar-refractivity contribution in [1.29, 1.82) is 0 Å². The molecule has 3 rings (SSSR count). The highest BCUT2D eigenvalue weighted by Gasteiger charge is 2.42. The van der Waals surface area contributed by atoms with Crippen LogP contribution in [0.25, 0.3) is 22.3 Å². The van der Waals surface area contributed by atoms with Crippen molar-refractivity contribution in [3.05, 3.63) is 83.9 Å². The summed E-state index contributed by atoms with van der Waals surface area (Å²) >= 11 is 0. The first kappa shape index (κ1) is 33.9. The average Bonchev–Trinajstić information content (AvgIpc) is 3.00. The molecule has 0 amide bonds. The summed E-state index contributed by atoms with van der Waals surface area (Å²) in [6.45, 7) is 6.08. The van der Waals surface area contributed by atoms with Crippen LogP contribution in [0.15, 0.2) is 72.8 Å². The summed E-state index contributed by atoms with van der Waals surface area (Å²) < 4.78 is 50.7. The van der Waals surface area contributed by atoms with Gasteiger partial charge in [-0.1, -0.05) is 101 Å². The van der Waals surface area contributed by atoms with Crippen molar-refractivity contribution >= 4 is 11.9 Å². The smallest absolute Gasteiger partial charge is 0.425 e. The van der Waals surface area contributed by atoms with E-state index in [0.29, 0.717) is 18.4 Å². The molecule has 4 nitrogen and oxygen atoms in total. The Morgan fingerprint density at radius 2 is 0.953 bits per heavy atom. The number of unbranched alkanes of at least 4 members (excludes halogenated alkanes) is 6. The van der Waals surface area contributed by atoms with Crippen LogP contribution in [0.5, 0.6) is 0 Å². The van der Waals surface area contributed by atoms with Gasteiger partial charge in [0.25, 0.3) is 0 Å². The number of ether oxygens (including phenoxy) is 2. The van der Waals surface area contributed by atoms with E-state index in [4.69, 9.17) is 9.47 Å². The van der Waals surface area contributed by atoms with Crippen molar-refractivity contribution in [1.82, 2.24) is 0 Å². The van der Waals surface area contributed by atoms with E-state index in [1.807, 2.05) is 50.2 Å². The molecule has 232 valence electrons. The molecular weight excluding hydrogens is 553 g/mol. The summed E-state index contributed by atoms with van der Waals surface area (Å²) in [5.74, 6) is -1.30.